The minimum Gasteiger partial charge on any atom is -0.497 e. The number of carbonyl (C=O) groups excluding carboxylic acids is 2. The zero-order valence-corrected chi connectivity index (χ0v) is 25.2. The van der Waals surface area contributed by atoms with Gasteiger partial charge in [0, 0.05) is 29.6 Å². The van der Waals surface area contributed by atoms with Crippen molar-refractivity contribution in [3.8, 4) is 11.5 Å². The van der Waals surface area contributed by atoms with Crippen molar-refractivity contribution in [1.29, 1.82) is 0 Å². The van der Waals surface area contributed by atoms with Crippen molar-refractivity contribution in [3.63, 3.8) is 0 Å². The normalized spacial score (nSPS) is 12.0. The van der Waals surface area contributed by atoms with Gasteiger partial charge in [-0.3, -0.25) is 4.98 Å². The number of hydrogen-bond acceptors (Lipinski definition) is 8. The molecule has 2 aromatic heterocycles. The lowest BCUT2D eigenvalue weighted by atomic mass is 10.1. The van der Waals surface area contributed by atoms with Crippen molar-refractivity contribution in [2.45, 2.75) is 45.4 Å². The SMILES string of the molecule is COc1cc(Br)nc(C[C@H](COc2ccc3ncc(F)cc3c2C(=O)OCc2ccccc2)NC(=O)OC(C)(C)C)c1. The minimum absolute atomic E-state index is 0.0114. The second kappa shape index (κ2) is 13.6. The molecule has 0 aliphatic carbocycles. The maximum atomic E-state index is 14.3. The van der Waals surface area contributed by atoms with Gasteiger partial charge in [0.25, 0.3) is 0 Å². The van der Waals surface area contributed by atoms with Crippen molar-refractivity contribution >= 4 is 38.9 Å². The third-order valence-electron chi connectivity index (χ3n) is 5.88. The number of hydrogen-bond donors (Lipinski definition) is 1. The van der Waals surface area contributed by atoms with Gasteiger partial charge in [-0.05, 0) is 60.5 Å². The van der Waals surface area contributed by atoms with Crippen molar-refractivity contribution < 1.29 is 32.9 Å². The molecule has 0 unspecified atom stereocenters. The minimum atomic E-state index is -0.724. The first kappa shape index (κ1) is 30.7. The predicted octanol–water partition coefficient (Wildman–Crippen LogP) is 6.41. The lowest BCUT2D eigenvalue weighted by Gasteiger charge is -2.24. The zero-order valence-electron chi connectivity index (χ0n) is 23.6. The number of methoxy groups -OCH3 is 1. The molecule has 4 rings (SSSR count). The molecule has 0 fully saturated rings. The average Bonchev–Trinajstić information content (AvgIpc) is 2.93. The topological polar surface area (TPSA) is 109 Å². The summed E-state index contributed by atoms with van der Waals surface area (Å²) in [5.74, 6) is -0.599. The first-order valence-corrected chi connectivity index (χ1v) is 13.9. The number of rotatable bonds is 10. The molecule has 0 aliphatic heterocycles. The van der Waals surface area contributed by atoms with Crippen LogP contribution in [-0.2, 0) is 22.5 Å². The van der Waals surface area contributed by atoms with E-state index in [-0.39, 0.29) is 36.3 Å². The maximum absolute atomic E-state index is 14.3. The first-order valence-electron chi connectivity index (χ1n) is 13.1. The molecule has 2 heterocycles. The summed E-state index contributed by atoms with van der Waals surface area (Å²) in [7, 11) is 1.54. The Labute approximate surface area is 251 Å². The molecule has 0 spiro atoms. The fourth-order valence-electron chi connectivity index (χ4n) is 4.10. The van der Waals surface area contributed by atoms with Crippen molar-refractivity contribution in [1.82, 2.24) is 15.3 Å². The quantitative estimate of drug-likeness (QED) is 0.157. The Morgan fingerprint density at radius 3 is 2.55 bits per heavy atom. The summed E-state index contributed by atoms with van der Waals surface area (Å²) in [6.07, 6.45) is 0.666. The number of fused-ring (bicyclic) bond motifs is 1. The highest BCUT2D eigenvalue weighted by Crippen LogP contribution is 2.29. The van der Waals surface area contributed by atoms with Crippen LogP contribution in [-0.4, -0.2) is 47.4 Å². The van der Waals surface area contributed by atoms with Gasteiger partial charge in [0.1, 0.15) is 46.3 Å². The molecule has 4 aromatic rings. The number of ether oxygens (including phenoxy) is 4. The average molecular weight is 641 g/mol. The summed E-state index contributed by atoms with van der Waals surface area (Å²) in [5, 5.41) is 3.06. The molecule has 0 bridgehead atoms. The molecule has 0 saturated carbocycles. The Balaban J connectivity index is 1.62. The van der Waals surface area contributed by atoms with Crippen LogP contribution in [0.3, 0.4) is 0 Å². The smallest absolute Gasteiger partial charge is 0.408 e. The molecule has 9 nitrogen and oxygen atoms in total. The van der Waals surface area contributed by atoms with E-state index >= 15 is 0 Å². The molecular weight excluding hydrogens is 609 g/mol. The van der Waals surface area contributed by atoms with Gasteiger partial charge < -0.3 is 24.3 Å². The van der Waals surface area contributed by atoms with Crippen molar-refractivity contribution in [2.24, 2.45) is 0 Å². The Hall–Kier alpha value is -4.25. The predicted molar refractivity (Wildman–Crippen MR) is 158 cm³/mol. The molecule has 11 heteroatoms. The molecular formula is C31H31BrFN3O6. The van der Waals surface area contributed by atoms with Gasteiger partial charge in [-0.25, -0.2) is 19.0 Å². The molecule has 42 heavy (non-hydrogen) atoms. The van der Waals surface area contributed by atoms with E-state index in [4.69, 9.17) is 18.9 Å². The van der Waals surface area contributed by atoms with E-state index in [1.807, 2.05) is 30.3 Å². The Kier molecular flexibility index (Phi) is 9.95. The number of esters is 1. The number of aromatic nitrogens is 2. The molecule has 0 saturated heterocycles. The second-order valence-electron chi connectivity index (χ2n) is 10.4. The molecule has 1 N–H and O–H groups in total. The number of alkyl carbamates (subject to hydrolysis) is 1. The standard InChI is InChI=1S/C31H31BrFN3O6/c1-31(2,3)42-30(38)36-22(13-21-14-23(39-4)15-27(32)35-21)18-40-26-11-10-25-24(12-20(33)16-34-25)28(26)29(37)41-17-19-8-6-5-7-9-19/h5-12,14-16,22H,13,17-18H2,1-4H3,(H,36,38)/t22-/m1/s1. The molecule has 220 valence electrons. The van der Waals surface area contributed by atoms with E-state index in [2.05, 4.69) is 31.2 Å². The van der Waals surface area contributed by atoms with Gasteiger partial charge in [-0.15, -0.1) is 0 Å². The first-order chi connectivity index (χ1) is 20.0. The van der Waals surface area contributed by atoms with Crippen LogP contribution in [0.2, 0.25) is 0 Å². The number of halogens is 2. The van der Waals surface area contributed by atoms with Crippen LogP contribution in [0.15, 0.2) is 71.5 Å². The molecule has 1 atom stereocenters. The summed E-state index contributed by atoms with van der Waals surface area (Å²) in [5.41, 5.74) is 1.09. The van der Waals surface area contributed by atoms with E-state index in [9.17, 15) is 14.0 Å². The van der Waals surface area contributed by atoms with Gasteiger partial charge in [0.15, 0.2) is 0 Å². The highest BCUT2D eigenvalue weighted by atomic mass is 79.9. The number of carbonyl (C=O) groups is 2. The largest absolute Gasteiger partial charge is 0.497 e. The van der Waals surface area contributed by atoms with E-state index in [1.165, 1.54) is 6.07 Å². The number of amides is 1. The fourth-order valence-corrected chi connectivity index (χ4v) is 4.55. The molecule has 2 aromatic carbocycles. The monoisotopic (exact) mass is 639 g/mol. The lowest BCUT2D eigenvalue weighted by molar-refractivity contribution is 0.0455. The third kappa shape index (κ3) is 8.62. The van der Waals surface area contributed by atoms with Gasteiger partial charge in [-0.2, -0.15) is 0 Å². The second-order valence-corrected chi connectivity index (χ2v) is 11.2. The Bertz CT molecular complexity index is 1560. The van der Waals surface area contributed by atoms with Gasteiger partial charge in [0.2, 0.25) is 0 Å². The van der Waals surface area contributed by atoms with E-state index in [1.54, 1.807) is 52.1 Å². The van der Waals surface area contributed by atoms with Gasteiger partial charge >= 0.3 is 12.1 Å². The molecule has 1 amide bonds. The van der Waals surface area contributed by atoms with Crippen LogP contribution in [0.4, 0.5) is 9.18 Å². The lowest BCUT2D eigenvalue weighted by Crippen LogP contribution is -2.43. The van der Waals surface area contributed by atoms with Crippen molar-refractivity contribution in [2.75, 3.05) is 13.7 Å². The fraction of sp³-hybridized carbons (Fsp3) is 0.290. The number of nitrogens with zero attached hydrogens (tertiary/aromatic N) is 2. The van der Waals surface area contributed by atoms with Gasteiger partial charge in [-0.1, -0.05) is 30.3 Å². The Morgan fingerprint density at radius 2 is 1.83 bits per heavy atom. The molecule has 0 radical (unpaired) electrons. The van der Waals surface area contributed by atoms with Crippen molar-refractivity contribution in [3.05, 3.63) is 94.1 Å². The summed E-state index contributed by atoms with van der Waals surface area (Å²) in [4.78, 5) is 34.6. The number of benzene rings is 2. The summed E-state index contributed by atoms with van der Waals surface area (Å²) in [6, 6.07) is 16.4. The zero-order chi connectivity index (χ0) is 30.3. The molecule has 0 aliphatic rings. The summed E-state index contributed by atoms with van der Waals surface area (Å²) >= 11 is 3.37. The van der Waals surface area contributed by atoms with E-state index in [0.717, 1.165) is 11.8 Å². The summed E-state index contributed by atoms with van der Waals surface area (Å²) in [6.45, 7) is 5.21. The van der Waals surface area contributed by atoms with Crippen LogP contribution in [0.1, 0.15) is 42.4 Å². The van der Waals surface area contributed by atoms with Crippen LogP contribution < -0.4 is 14.8 Å². The maximum Gasteiger partial charge on any atom is 0.408 e. The number of nitrogens with one attached hydrogen (secondary N) is 1. The number of pyridine rings is 2. The van der Waals surface area contributed by atoms with E-state index in [0.29, 0.717) is 21.6 Å². The van der Waals surface area contributed by atoms with Crippen LogP contribution in [0.25, 0.3) is 10.9 Å². The third-order valence-corrected chi connectivity index (χ3v) is 6.29. The van der Waals surface area contributed by atoms with Gasteiger partial charge in [0.05, 0.1) is 24.9 Å². The van der Waals surface area contributed by atoms with Crippen LogP contribution in [0, 0.1) is 5.82 Å². The highest BCUT2D eigenvalue weighted by molar-refractivity contribution is 9.10. The highest BCUT2D eigenvalue weighted by Gasteiger charge is 2.24. The Morgan fingerprint density at radius 1 is 1.07 bits per heavy atom. The van der Waals surface area contributed by atoms with Crippen LogP contribution >= 0.6 is 15.9 Å². The van der Waals surface area contributed by atoms with Crippen LogP contribution in [0.5, 0.6) is 11.5 Å². The summed E-state index contributed by atoms with van der Waals surface area (Å²) < 4.78 is 37.3. The van der Waals surface area contributed by atoms with E-state index < -0.39 is 29.5 Å².